The molecule has 104 valence electrons. The maximum atomic E-state index is 5.78. The molecule has 0 aliphatic heterocycles. The average Bonchev–Trinajstić information content (AvgIpc) is 2.47. The number of methoxy groups -OCH3 is 1. The predicted octanol–water partition coefficient (Wildman–Crippen LogP) is 2.41. The number of hydrazine groups is 1. The Kier molecular flexibility index (Phi) is 3.72. The van der Waals surface area contributed by atoms with Crippen molar-refractivity contribution in [2.24, 2.45) is 5.84 Å². The Balaban J connectivity index is 1.75. The van der Waals surface area contributed by atoms with Crippen LogP contribution in [0.25, 0.3) is 0 Å². The van der Waals surface area contributed by atoms with Gasteiger partial charge in [0.1, 0.15) is 5.75 Å². The summed E-state index contributed by atoms with van der Waals surface area (Å²) >= 11 is 0. The Morgan fingerprint density at radius 1 is 1.25 bits per heavy atom. The molecule has 0 radical (unpaired) electrons. The van der Waals surface area contributed by atoms with Gasteiger partial charge in [-0.15, -0.1) is 0 Å². The molecule has 0 fully saturated rings. The molecule has 1 aliphatic rings. The van der Waals surface area contributed by atoms with Crippen molar-refractivity contribution >= 4 is 0 Å². The van der Waals surface area contributed by atoms with E-state index in [-0.39, 0.29) is 6.04 Å². The summed E-state index contributed by atoms with van der Waals surface area (Å²) in [4.78, 5) is 0. The Hall–Kier alpha value is -1.84. The van der Waals surface area contributed by atoms with Crippen LogP contribution in [0.5, 0.6) is 5.75 Å². The van der Waals surface area contributed by atoms with Crippen LogP contribution in [0.1, 0.15) is 22.6 Å². The van der Waals surface area contributed by atoms with Crippen LogP contribution in [-0.2, 0) is 12.8 Å². The highest BCUT2D eigenvalue weighted by Crippen LogP contribution is 2.38. The normalized spacial score (nSPS) is 18.0. The smallest absolute Gasteiger partial charge is 0.119 e. The van der Waals surface area contributed by atoms with Crippen molar-refractivity contribution in [1.29, 1.82) is 0 Å². The number of benzene rings is 2. The summed E-state index contributed by atoms with van der Waals surface area (Å²) in [5, 5.41) is 0. The molecule has 0 spiro atoms. The summed E-state index contributed by atoms with van der Waals surface area (Å²) in [6.45, 7) is 0. The van der Waals surface area contributed by atoms with Gasteiger partial charge in [-0.2, -0.15) is 0 Å². The van der Waals surface area contributed by atoms with Gasteiger partial charge in [0.15, 0.2) is 0 Å². The van der Waals surface area contributed by atoms with E-state index in [1.807, 2.05) is 12.1 Å². The Morgan fingerprint density at radius 3 is 2.85 bits per heavy atom. The van der Waals surface area contributed by atoms with Crippen LogP contribution in [-0.4, -0.2) is 13.2 Å². The second-order valence-electron chi connectivity index (χ2n) is 5.34. The van der Waals surface area contributed by atoms with Gasteiger partial charge in [-0.3, -0.25) is 11.3 Å². The number of hydrogen-bond acceptors (Lipinski definition) is 3. The zero-order valence-corrected chi connectivity index (χ0v) is 11.7. The van der Waals surface area contributed by atoms with Crippen LogP contribution < -0.4 is 16.0 Å². The lowest BCUT2D eigenvalue weighted by molar-refractivity contribution is 0.399. The molecule has 2 aromatic carbocycles. The van der Waals surface area contributed by atoms with Crippen molar-refractivity contribution in [3.05, 3.63) is 65.2 Å². The second-order valence-corrected chi connectivity index (χ2v) is 5.34. The first-order chi connectivity index (χ1) is 9.81. The molecule has 3 heteroatoms. The Morgan fingerprint density at radius 2 is 2.10 bits per heavy atom. The van der Waals surface area contributed by atoms with E-state index in [9.17, 15) is 0 Å². The highest BCUT2D eigenvalue weighted by atomic mass is 16.5. The van der Waals surface area contributed by atoms with Crippen LogP contribution in [0, 0.1) is 0 Å². The summed E-state index contributed by atoms with van der Waals surface area (Å²) in [5.41, 5.74) is 7.11. The van der Waals surface area contributed by atoms with Gasteiger partial charge in [0.25, 0.3) is 0 Å². The molecular formula is C17H20N2O. The van der Waals surface area contributed by atoms with Gasteiger partial charge in [-0.1, -0.05) is 36.4 Å². The minimum atomic E-state index is 0.261. The van der Waals surface area contributed by atoms with E-state index in [1.54, 1.807) is 7.11 Å². The standard InChI is InChI=1S/C17H20N2O/c1-20-14-7-4-5-12(9-14)10-17(19-18)16-11-13-6-2-3-8-15(13)16/h2-9,16-17,19H,10-11,18H2,1H3. The van der Waals surface area contributed by atoms with Crippen molar-refractivity contribution in [2.45, 2.75) is 24.8 Å². The van der Waals surface area contributed by atoms with E-state index < -0.39 is 0 Å². The topological polar surface area (TPSA) is 47.3 Å². The maximum Gasteiger partial charge on any atom is 0.119 e. The van der Waals surface area contributed by atoms with Gasteiger partial charge in [0, 0.05) is 12.0 Å². The third-order valence-electron chi connectivity index (χ3n) is 4.18. The zero-order chi connectivity index (χ0) is 13.9. The molecule has 0 saturated carbocycles. The quantitative estimate of drug-likeness (QED) is 0.646. The van der Waals surface area contributed by atoms with Crippen LogP contribution in [0.15, 0.2) is 48.5 Å². The zero-order valence-electron chi connectivity index (χ0n) is 11.7. The maximum absolute atomic E-state index is 5.78. The molecule has 3 N–H and O–H groups in total. The monoisotopic (exact) mass is 268 g/mol. The van der Waals surface area contributed by atoms with Crippen LogP contribution in [0.4, 0.5) is 0 Å². The molecule has 1 aliphatic carbocycles. The number of fused-ring (bicyclic) bond motifs is 1. The molecule has 3 nitrogen and oxygen atoms in total. The molecular weight excluding hydrogens is 248 g/mol. The highest BCUT2D eigenvalue weighted by molar-refractivity contribution is 5.42. The number of nitrogens with two attached hydrogens (primary N) is 1. The molecule has 20 heavy (non-hydrogen) atoms. The van der Waals surface area contributed by atoms with E-state index in [1.165, 1.54) is 16.7 Å². The van der Waals surface area contributed by atoms with Gasteiger partial charge in [-0.25, -0.2) is 0 Å². The lowest BCUT2D eigenvalue weighted by Gasteiger charge is -2.36. The fraction of sp³-hybridized carbons (Fsp3) is 0.294. The van der Waals surface area contributed by atoms with Crippen molar-refractivity contribution in [1.82, 2.24) is 5.43 Å². The molecule has 2 unspecified atom stereocenters. The van der Waals surface area contributed by atoms with E-state index in [0.29, 0.717) is 5.92 Å². The molecule has 3 rings (SSSR count). The molecule has 0 saturated heterocycles. The fourth-order valence-electron chi connectivity index (χ4n) is 3.03. The summed E-state index contributed by atoms with van der Waals surface area (Å²) in [6, 6.07) is 17.1. The number of hydrogen-bond donors (Lipinski definition) is 2. The molecule has 2 atom stereocenters. The van der Waals surface area contributed by atoms with Gasteiger partial charge in [0.05, 0.1) is 7.11 Å². The fourth-order valence-corrected chi connectivity index (χ4v) is 3.03. The first kappa shape index (κ1) is 13.2. The minimum absolute atomic E-state index is 0.261. The largest absolute Gasteiger partial charge is 0.497 e. The predicted molar refractivity (Wildman–Crippen MR) is 80.7 cm³/mol. The summed E-state index contributed by atoms with van der Waals surface area (Å²) in [5.74, 6) is 7.18. The SMILES string of the molecule is COc1cccc(CC(NN)C2Cc3ccccc32)c1. The lowest BCUT2D eigenvalue weighted by Crippen LogP contribution is -2.45. The minimum Gasteiger partial charge on any atom is -0.497 e. The summed E-state index contributed by atoms with van der Waals surface area (Å²) < 4.78 is 5.28. The third kappa shape index (κ3) is 2.42. The van der Waals surface area contributed by atoms with Gasteiger partial charge < -0.3 is 4.74 Å². The first-order valence-corrected chi connectivity index (χ1v) is 6.98. The van der Waals surface area contributed by atoms with Crippen molar-refractivity contribution < 1.29 is 4.74 Å². The summed E-state index contributed by atoms with van der Waals surface area (Å²) in [7, 11) is 1.69. The molecule has 2 aromatic rings. The summed E-state index contributed by atoms with van der Waals surface area (Å²) in [6.07, 6.45) is 2.02. The number of rotatable bonds is 5. The Labute approximate surface area is 119 Å². The van der Waals surface area contributed by atoms with E-state index in [4.69, 9.17) is 10.6 Å². The lowest BCUT2D eigenvalue weighted by atomic mass is 9.72. The average molecular weight is 268 g/mol. The van der Waals surface area contributed by atoms with E-state index in [0.717, 1.165) is 18.6 Å². The number of nitrogens with one attached hydrogen (secondary N) is 1. The highest BCUT2D eigenvalue weighted by Gasteiger charge is 2.32. The van der Waals surface area contributed by atoms with E-state index >= 15 is 0 Å². The van der Waals surface area contributed by atoms with Crippen molar-refractivity contribution in [3.8, 4) is 5.75 Å². The van der Waals surface area contributed by atoms with Crippen LogP contribution >= 0.6 is 0 Å². The van der Waals surface area contributed by atoms with Crippen LogP contribution in [0.3, 0.4) is 0 Å². The van der Waals surface area contributed by atoms with E-state index in [2.05, 4.69) is 41.8 Å². The number of ether oxygens (including phenoxy) is 1. The van der Waals surface area contributed by atoms with Gasteiger partial charge in [-0.05, 0) is 41.7 Å². The van der Waals surface area contributed by atoms with Crippen molar-refractivity contribution in [3.63, 3.8) is 0 Å². The van der Waals surface area contributed by atoms with Crippen molar-refractivity contribution in [2.75, 3.05) is 7.11 Å². The van der Waals surface area contributed by atoms with Gasteiger partial charge >= 0.3 is 0 Å². The van der Waals surface area contributed by atoms with Gasteiger partial charge in [0.2, 0.25) is 0 Å². The molecule has 0 heterocycles. The molecule has 0 amide bonds. The first-order valence-electron chi connectivity index (χ1n) is 6.98. The molecule has 0 aromatic heterocycles. The third-order valence-corrected chi connectivity index (χ3v) is 4.18. The van der Waals surface area contributed by atoms with Crippen LogP contribution in [0.2, 0.25) is 0 Å². The second kappa shape index (κ2) is 5.65. The molecule has 0 bridgehead atoms. The Bertz CT molecular complexity index is 597.